The zero-order valence-corrected chi connectivity index (χ0v) is 17.8. The van der Waals surface area contributed by atoms with Gasteiger partial charge in [-0.25, -0.2) is 8.78 Å². The maximum atomic E-state index is 13.4. The summed E-state index contributed by atoms with van der Waals surface area (Å²) in [6.45, 7) is 6.75. The fourth-order valence-corrected chi connectivity index (χ4v) is 4.38. The molecule has 1 saturated heterocycles. The first-order valence-electron chi connectivity index (χ1n) is 10.5. The van der Waals surface area contributed by atoms with Gasteiger partial charge in [0.05, 0.1) is 17.7 Å². The van der Waals surface area contributed by atoms with Gasteiger partial charge in [0.25, 0.3) is 0 Å². The Morgan fingerprint density at radius 3 is 2.80 bits per heavy atom. The number of carbonyl (C=O) groups excluding carboxylic acids is 1. The van der Waals surface area contributed by atoms with E-state index in [9.17, 15) is 13.6 Å². The van der Waals surface area contributed by atoms with E-state index in [0.717, 1.165) is 37.0 Å². The third-order valence-electron chi connectivity index (χ3n) is 5.96. The van der Waals surface area contributed by atoms with Crippen molar-refractivity contribution < 1.29 is 18.3 Å². The van der Waals surface area contributed by atoms with Gasteiger partial charge in [0.2, 0.25) is 5.91 Å². The van der Waals surface area contributed by atoms with Crippen LogP contribution in [0.1, 0.15) is 52.9 Å². The molecule has 1 aromatic carbocycles. The highest BCUT2D eigenvalue weighted by Gasteiger charge is 2.57. The molecule has 0 bridgehead atoms. The Bertz CT molecular complexity index is 908. The van der Waals surface area contributed by atoms with Crippen LogP contribution in [0, 0.1) is 28.9 Å². The molecular formula is C24H28F2N2O2. The monoisotopic (exact) mass is 414 g/mol. The minimum Gasteiger partial charge on any atom is -0.490 e. The van der Waals surface area contributed by atoms with Gasteiger partial charge in [0, 0.05) is 25.2 Å². The van der Waals surface area contributed by atoms with Crippen LogP contribution in [0.4, 0.5) is 8.78 Å². The molecule has 1 aliphatic heterocycles. The van der Waals surface area contributed by atoms with E-state index in [1.165, 1.54) is 6.07 Å². The lowest BCUT2D eigenvalue weighted by Crippen LogP contribution is -2.50. The normalized spacial score (nSPS) is 24.7. The molecule has 1 aliphatic carbocycles. The fourth-order valence-electron chi connectivity index (χ4n) is 4.38. The van der Waals surface area contributed by atoms with E-state index in [-0.39, 0.29) is 18.1 Å². The second-order valence-electron chi connectivity index (χ2n) is 8.00. The molecule has 1 aromatic rings. The molecule has 30 heavy (non-hydrogen) atoms. The van der Waals surface area contributed by atoms with Crippen LogP contribution >= 0.6 is 0 Å². The quantitative estimate of drug-likeness (QED) is 0.491. The van der Waals surface area contributed by atoms with Gasteiger partial charge in [-0.2, -0.15) is 0 Å². The number of aliphatic imine (C=N–C) groups is 1. The molecule has 1 atom stereocenters. The summed E-state index contributed by atoms with van der Waals surface area (Å²) < 4.78 is 32.2. The lowest BCUT2D eigenvalue weighted by Gasteiger charge is -2.43. The number of halogens is 2. The van der Waals surface area contributed by atoms with Crippen molar-refractivity contribution in [3.05, 3.63) is 41.6 Å². The van der Waals surface area contributed by atoms with E-state index in [4.69, 9.17) is 4.74 Å². The molecule has 0 radical (unpaired) electrons. The summed E-state index contributed by atoms with van der Waals surface area (Å²) >= 11 is 0. The van der Waals surface area contributed by atoms with Gasteiger partial charge in [0.15, 0.2) is 11.6 Å². The summed E-state index contributed by atoms with van der Waals surface area (Å²) in [6, 6.07) is 3.53. The molecule has 1 saturated carbocycles. The van der Waals surface area contributed by atoms with Crippen LogP contribution in [0.25, 0.3) is 0 Å². The number of amides is 1. The van der Waals surface area contributed by atoms with Gasteiger partial charge in [0.1, 0.15) is 11.9 Å². The number of nitrogens with zero attached hydrogens (tertiary/aromatic N) is 2. The zero-order valence-electron chi connectivity index (χ0n) is 17.8. The Kier molecular flexibility index (Phi) is 6.91. The van der Waals surface area contributed by atoms with Crippen molar-refractivity contribution in [2.24, 2.45) is 10.4 Å². The topological polar surface area (TPSA) is 41.9 Å². The molecule has 160 valence electrons. The molecule has 1 amide bonds. The smallest absolute Gasteiger partial charge is 0.229 e. The van der Waals surface area contributed by atoms with E-state index < -0.39 is 17.0 Å². The number of rotatable bonds is 6. The van der Waals surface area contributed by atoms with Crippen LogP contribution in [0.5, 0.6) is 5.75 Å². The zero-order chi connectivity index (χ0) is 21.7. The maximum absolute atomic E-state index is 13.4. The molecule has 2 aliphatic rings. The van der Waals surface area contributed by atoms with Crippen LogP contribution in [-0.4, -0.2) is 35.7 Å². The number of hydrogen-bond donors (Lipinski definition) is 0. The molecule has 1 unspecified atom stereocenters. The van der Waals surface area contributed by atoms with Crippen molar-refractivity contribution in [1.29, 1.82) is 0 Å². The Hall–Kier alpha value is -2.68. The van der Waals surface area contributed by atoms with Crippen molar-refractivity contribution in [1.82, 2.24) is 4.90 Å². The summed E-state index contributed by atoms with van der Waals surface area (Å²) in [5.41, 5.74) is 0.638. The first-order chi connectivity index (χ1) is 14.4. The molecule has 6 heteroatoms. The summed E-state index contributed by atoms with van der Waals surface area (Å²) in [5, 5.41) is 0. The first kappa shape index (κ1) is 22.0. The highest BCUT2D eigenvalue weighted by molar-refractivity contribution is 5.86. The Morgan fingerprint density at radius 2 is 2.13 bits per heavy atom. The van der Waals surface area contributed by atoms with Crippen LogP contribution in [0.2, 0.25) is 0 Å². The molecular weight excluding hydrogens is 386 g/mol. The van der Waals surface area contributed by atoms with Crippen molar-refractivity contribution in [3.63, 3.8) is 0 Å². The standard InChI is InChI=1S/C24H28F2N2O2/c1-4-6-7-11-27-16-17(3)22(5-2)28-12-10-24(23(28)29)14-19(15-24)30-18-8-9-20(25)21(26)13-18/h8-9,11,13,16,19,22H,4-5,10,12,14-15H2,1-3H3/b17-16+,27-11?. The number of carbonyl (C=O) groups is 1. The van der Waals surface area contributed by atoms with Crippen LogP contribution in [-0.2, 0) is 4.79 Å². The number of likely N-dealkylation sites (tertiary alicyclic amines) is 1. The van der Waals surface area contributed by atoms with Gasteiger partial charge < -0.3 is 9.64 Å². The lowest BCUT2D eigenvalue weighted by atomic mass is 9.65. The SMILES string of the molecule is CCC#CC=N/C=C(\C)C(CC)N1CCC2(CC(Oc3ccc(F)c(F)c3)C2)C1=O. The number of benzene rings is 1. The predicted octanol–water partition coefficient (Wildman–Crippen LogP) is 4.89. The van der Waals surface area contributed by atoms with Crippen LogP contribution in [0.3, 0.4) is 0 Å². The first-order valence-corrected chi connectivity index (χ1v) is 10.5. The summed E-state index contributed by atoms with van der Waals surface area (Å²) in [7, 11) is 0. The fraction of sp³-hybridized carbons (Fsp3) is 0.500. The lowest BCUT2D eigenvalue weighted by molar-refractivity contribution is -0.146. The predicted molar refractivity (Wildman–Crippen MR) is 113 cm³/mol. The van der Waals surface area contributed by atoms with Gasteiger partial charge in [-0.15, -0.1) is 0 Å². The summed E-state index contributed by atoms with van der Waals surface area (Å²) in [4.78, 5) is 19.4. The molecule has 4 nitrogen and oxygen atoms in total. The summed E-state index contributed by atoms with van der Waals surface area (Å²) in [5.74, 6) is 4.42. The second-order valence-corrected chi connectivity index (χ2v) is 8.00. The van der Waals surface area contributed by atoms with Gasteiger partial charge >= 0.3 is 0 Å². The molecule has 0 N–H and O–H groups in total. The van der Waals surface area contributed by atoms with Gasteiger partial charge in [-0.1, -0.05) is 25.7 Å². The third-order valence-corrected chi connectivity index (χ3v) is 5.96. The van der Waals surface area contributed by atoms with Crippen LogP contribution < -0.4 is 4.74 Å². The Morgan fingerprint density at radius 1 is 1.37 bits per heavy atom. The second kappa shape index (κ2) is 9.42. The summed E-state index contributed by atoms with van der Waals surface area (Å²) in [6.07, 6.45) is 6.81. The average molecular weight is 414 g/mol. The Labute approximate surface area is 177 Å². The number of ether oxygens (including phenoxy) is 1. The van der Waals surface area contributed by atoms with Crippen molar-refractivity contribution in [3.8, 4) is 17.6 Å². The molecule has 2 fully saturated rings. The van der Waals surface area contributed by atoms with Gasteiger partial charge in [-0.3, -0.25) is 9.79 Å². The molecule has 1 spiro atoms. The molecule has 3 rings (SSSR count). The van der Waals surface area contributed by atoms with E-state index in [2.05, 4.69) is 23.8 Å². The van der Waals surface area contributed by atoms with Crippen molar-refractivity contribution >= 4 is 12.1 Å². The number of hydrogen-bond acceptors (Lipinski definition) is 3. The minimum absolute atomic E-state index is 0.0133. The average Bonchev–Trinajstić information content (AvgIpc) is 3.02. The maximum Gasteiger partial charge on any atom is 0.229 e. The Balaban J connectivity index is 1.60. The van der Waals surface area contributed by atoms with E-state index in [1.54, 1.807) is 12.4 Å². The van der Waals surface area contributed by atoms with E-state index >= 15 is 0 Å². The third kappa shape index (κ3) is 4.56. The highest BCUT2D eigenvalue weighted by Crippen LogP contribution is 2.51. The van der Waals surface area contributed by atoms with E-state index in [0.29, 0.717) is 25.1 Å². The van der Waals surface area contributed by atoms with Crippen molar-refractivity contribution in [2.75, 3.05) is 6.54 Å². The molecule has 0 aromatic heterocycles. The minimum atomic E-state index is -0.930. The van der Waals surface area contributed by atoms with Crippen molar-refractivity contribution in [2.45, 2.75) is 65.0 Å². The van der Waals surface area contributed by atoms with E-state index in [1.807, 2.05) is 18.7 Å². The highest BCUT2D eigenvalue weighted by atomic mass is 19.2. The van der Waals surface area contributed by atoms with Gasteiger partial charge in [-0.05, 0) is 50.3 Å². The molecule has 1 heterocycles. The largest absolute Gasteiger partial charge is 0.490 e. The van der Waals surface area contributed by atoms with Crippen LogP contribution in [0.15, 0.2) is 35.0 Å².